The summed E-state index contributed by atoms with van der Waals surface area (Å²) in [6.45, 7) is 5.09. The van der Waals surface area contributed by atoms with Gasteiger partial charge in [0.2, 0.25) is 0 Å². The number of carbonyl (C=O) groups is 1. The van der Waals surface area contributed by atoms with E-state index in [0.717, 1.165) is 3.79 Å². The van der Waals surface area contributed by atoms with E-state index in [1.54, 1.807) is 0 Å². The standard InChI is InChI=1S/C10H14BrNO2S/c1-3-14-7(2)5-12-10(13)8-4-9(11)15-6-8/h4,6-7H,3,5H2,1-2H3,(H,12,13). The Labute approximate surface area is 102 Å². The Morgan fingerprint density at radius 2 is 2.47 bits per heavy atom. The number of carbonyl (C=O) groups excluding carboxylic acids is 1. The smallest absolute Gasteiger partial charge is 0.252 e. The number of ether oxygens (including phenoxy) is 1. The molecule has 1 aromatic rings. The van der Waals surface area contributed by atoms with Crippen molar-refractivity contribution in [3.8, 4) is 0 Å². The van der Waals surface area contributed by atoms with E-state index in [4.69, 9.17) is 4.74 Å². The minimum Gasteiger partial charge on any atom is -0.377 e. The summed E-state index contributed by atoms with van der Waals surface area (Å²) < 4.78 is 6.28. The van der Waals surface area contributed by atoms with Crippen molar-refractivity contribution < 1.29 is 9.53 Å². The van der Waals surface area contributed by atoms with E-state index in [1.807, 2.05) is 25.3 Å². The topological polar surface area (TPSA) is 38.3 Å². The van der Waals surface area contributed by atoms with Crippen LogP contribution in [0.3, 0.4) is 0 Å². The van der Waals surface area contributed by atoms with Crippen molar-refractivity contribution in [2.75, 3.05) is 13.2 Å². The molecule has 0 aliphatic carbocycles. The largest absolute Gasteiger partial charge is 0.377 e. The van der Waals surface area contributed by atoms with Crippen LogP contribution in [0.1, 0.15) is 24.2 Å². The van der Waals surface area contributed by atoms with Crippen LogP contribution >= 0.6 is 27.3 Å². The fourth-order valence-electron chi connectivity index (χ4n) is 1.11. The number of hydrogen-bond donors (Lipinski definition) is 1. The molecule has 84 valence electrons. The highest BCUT2D eigenvalue weighted by Gasteiger charge is 2.09. The van der Waals surface area contributed by atoms with Gasteiger partial charge in [-0.2, -0.15) is 0 Å². The summed E-state index contributed by atoms with van der Waals surface area (Å²) in [5.41, 5.74) is 0.690. The number of hydrogen-bond acceptors (Lipinski definition) is 3. The first kappa shape index (κ1) is 12.7. The maximum absolute atomic E-state index is 11.6. The SMILES string of the molecule is CCOC(C)CNC(=O)c1csc(Br)c1. The molecule has 1 N–H and O–H groups in total. The Morgan fingerprint density at radius 3 is 3.00 bits per heavy atom. The lowest BCUT2D eigenvalue weighted by Gasteiger charge is -2.11. The molecule has 1 unspecified atom stereocenters. The molecule has 5 heteroatoms. The molecule has 0 fully saturated rings. The van der Waals surface area contributed by atoms with Gasteiger partial charge in [0.1, 0.15) is 0 Å². The summed E-state index contributed by atoms with van der Waals surface area (Å²) in [6.07, 6.45) is 0.0565. The Bertz CT molecular complexity index is 327. The minimum atomic E-state index is -0.0523. The monoisotopic (exact) mass is 291 g/mol. The average molecular weight is 292 g/mol. The molecule has 0 bridgehead atoms. The van der Waals surface area contributed by atoms with Crippen molar-refractivity contribution in [1.82, 2.24) is 5.32 Å². The number of halogens is 1. The fraction of sp³-hybridized carbons (Fsp3) is 0.500. The van der Waals surface area contributed by atoms with Crippen LogP contribution in [0.5, 0.6) is 0 Å². The lowest BCUT2D eigenvalue weighted by Crippen LogP contribution is -2.31. The number of amides is 1. The van der Waals surface area contributed by atoms with Gasteiger partial charge in [-0.15, -0.1) is 11.3 Å². The van der Waals surface area contributed by atoms with Crippen LogP contribution < -0.4 is 5.32 Å². The second-order valence-corrected chi connectivity index (χ2v) is 5.41. The summed E-state index contributed by atoms with van der Waals surface area (Å²) in [5, 5.41) is 4.64. The molecule has 1 aromatic heterocycles. The van der Waals surface area contributed by atoms with Crippen molar-refractivity contribution in [3.05, 3.63) is 20.8 Å². The first-order valence-corrected chi connectivity index (χ1v) is 6.44. The van der Waals surface area contributed by atoms with Gasteiger partial charge in [-0.25, -0.2) is 0 Å². The Balaban J connectivity index is 2.36. The van der Waals surface area contributed by atoms with Gasteiger partial charge in [-0.1, -0.05) is 0 Å². The Kier molecular flexibility index (Phi) is 5.28. The Hall–Kier alpha value is -0.390. The third-order valence-corrected chi connectivity index (χ3v) is 3.34. The number of thiophene rings is 1. The summed E-state index contributed by atoms with van der Waals surface area (Å²) in [6, 6.07) is 1.81. The molecule has 1 amide bonds. The highest BCUT2D eigenvalue weighted by molar-refractivity contribution is 9.11. The first-order chi connectivity index (χ1) is 7.13. The maximum atomic E-state index is 11.6. The average Bonchev–Trinajstić information content (AvgIpc) is 2.62. The zero-order valence-corrected chi connectivity index (χ0v) is 11.2. The molecule has 0 saturated carbocycles. The second kappa shape index (κ2) is 6.25. The van der Waals surface area contributed by atoms with Gasteiger partial charge in [-0.05, 0) is 35.8 Å². The summed E-state index contributed by atoms with van der Waals surface area (Å²) in [7, 11) is 0. The molecule has 0 aliphatic rings. The highest BCUT2D eigenvalue weighted by atomic mass is 79.9. The van der Waals surface area contributed by atoms with Crippen molar-refractivity contribution in [1.29, 1.82) is 0 Å². The van der Waals surface area contributed by atoms with Gasteiger partial charge < -0.3 is 10.1 Å². The lowest BCUT2D eigenvalue weighted by atomic mass is 10.3. The normalized spacial score (nSPS) is 12.5. The van der Waals surface area contributed by atoms with E-state index < -0.39 is 0 Å². The molecule has 15 heavy (non-hydrogen) atoms. The molecule has 1 atom stereocenters. The molecular formula is C10H14BrNO2S. The van der Waals surface area contributed by atoms with E-state index in [2.05, 4.69) is 21.2 Å². The van der Waals surface area contributed by atoms with Crippen LogP contribution in [-0.2, 0) is 4.74 Å². The van der Waals surface area contributed by atoms with Crippen LogP contribution in [0.25, 0.3) is 0 Å². The molecule has 0 aliphatic heterocycles. The van der Waals surface area contributed by atoms with Gasteiger partial charge >= 0.3 is 0 Å². The molecule has 3 nitrogen and oxygen atoms in total. The van der Waals surface area contributed by atoms with Gasteiger partial charge in [0.15, 0.2) is 0 Å². The predicted octanol–water partition coefficient (Wildman–Crippen LogP) is 2.67. The molecule has 0 radical (unpaired) electrons. The van der Waals surface area contributed by atoms with Crippen LogP contribution in [0.2, 0.25) is 0 Å². The summed E-state index contributed by atoms with van der Waals surface area (Å²) >= 11 is 4.82. The third-order valence-electron chi connectivity index (χ3n) is 1.83. The van der Waals surface area contributed by atoms with Gasteiger partial charge in [0.05, 0.1) is 15.5 Å². The minimum absolute atomic E-state index is 0.0523. The third kappa shape index (κ3) is 4.32. The van der Waals surface area contributed by atoms with Crippen molar-refractivity contribution in [3.63, 3.8) is 0 Å². The van der Waals surface area contributed by atoms with Crippen LogP contribution in [0.4, 0.5) is 0 Å². The molecule has 0 spiro atoms. The first-order valence-electron chi connectivity index (χ1n) is 4.77. The van der Waals surface area contributed by atoms with Crippen LogP contribution in [-0.4, -0.2) is 25.2 Å². The van der Waals surface area contributed by atoms with Crippen LogP contribution in [0.15, 0.2) is 15.2 Å². The quantitative estimate of drug-likeness (QED) is 0.906. The maximum Gasteiger partial charge on any atom is 0.252 e. The highest BCUT2D eigenvalue weighted by Crippen LogP contribution is 2.20. The molecule has 0 saturated heterocycles. The van der Waals surface area contributed by atoms with Gasteiger partial charge in [-0.3, -0.25) is 4.79 Å². The number of nitrogens with one attached hydrogen (secondary N) is 1. The van der Waals surface area contributed by atoms with Crippen molar-refractivity contribution in [2.24, 2.45) is 0 Å². The van der Waals surface area contributed by atoms with Gasteiger partial charge in [0, 0.05) is 18.5 Å². The van der Waals surface area contributed by atoms with E-state index >= 15 is 0 Å². The second-order valence-electron chi connectivity index (χ2n) is 3.12. The Morgan fingerprint density at radius 1 is 1.73 bits per heavy atom. The van der Waals surface area contributed by atoms with Crippen molar-refractivity contribution >= 4 is 33.2 Å². The van der Waals surface area contributed by atoms with Crippen molar-refractivity contribution in [2.45, 2.75) is 20.0 Å². The van der Waals surface area contributed by atoms with E-state index in [9.17, 15) is 4.79 Å². The molecule has 1 rings (SSSR count). The molecule has 1 heterocycles. The summed E-state index contributed by atoms with van der Waals surface area (Å²) in [4.78, 5) is 11.6. The zero-order valence-electron chi connectivity index (χ0n) is 8.75. The van der Waals surface area contributed by atoms with Gasteiger partial charge in [0.25, 0.3) is 5.91 Å². The van der Waals surface area contributed by atoms with E-state index in [0.29, 0.717) is 18.7 Å². The molecular weight excluding hydrogens is 278 g/mol. The zero-order chi connectivity index (χ0) is 11.3. The fourth-order valence-corrected chi connectivity index (χ4v) is 2.25. The lowest BCUT2D eigenvalue weighted by molar-refractivity contribution is 0.0695. The van der Waals surface area contributed by atoms with E-state index in [1.165, 1.54) is 11.3 Å². The van der Waals surface area contributed by atoms with E-state index in [-0.39, 0.29) is 12.0 Å². The summed E-state index contributed by atoms with van der Waals surface area (Å²) in [5.74, 6) is -0.0523. The number of rotatable bonds is 5. The predicted molar refractivity (Wildman–Crippen MR) is 65.4 cm³/mol. The van der Waals surface area contributed by atoms with Crippen LogP contribution in [0, 0.1) is 0 Å². The molecule has 0 aromatic carbocycles.